The zero-order chi connectivity index (χ0) is 21.8. The van der Waals surface area contributed by atoms with Gasteiger partial charge >= 0.3 is 5.69 Å². The van der Waals surface area contributed by atoms with Gasteiger partial charge in [-0.1, -0.05) is 23.2 Å². The van der Waals surface area contributed by atoms with Crippen LogP contribution in [0, 0.1) is 10.1 Å². The molecule has 1 amide bonds. The van der Waals surface area contributed by atoms with Crippen LogP contribution in [0.5, 0.6) is 11.6 Å². The second-order valence-electron chi connectivity index (χ2n) is 5.76. The van der Waals surface area contributed by atoms with E-state index in [2.05, 4.69) is 10.3 Å². The van der Waals surface area contributed by atoms with Crippen LogP contribution in [0.2, 0.25) is 10.0 Å². The molecule has 0 saturated carbocycles. The minimum absolute atomic E-state index is 0.0569. The molecule has 0 fully saturated rings. The molecule has 9 nitrogen and oxygen atoms in total. The number of benzene rings is 2. The van der Waals surface area contributed by atoms with Gasteiger partial charge in [-0.25, -0.2) is 4.98 Å². The van der Waals surface area contributed by atoms with Gasteiger partial charge in [0.15, 0.2) is 0 Å². The molecular weight excluding hydrogens is 437 g/mol. The van der Waals surface area contributed by atoms with Gasteiger partial charge in [-0.2, -0.15) is 0 Å². The van der Waals surface area contributed by atoms with Crippen LogP contribution >= 0.6 is 23.2 Å². The smallest absolute Gasteiger partial charge is 0.331 e. The minimum atomic E-state index is -1.60. The number of carboxylic acids is 1. The standard InChI is InChI=1S/C19H11Cl2N3O6/c20-10-3-5-12(14(21)8-10)17(25)23-15-6-4-11(9-13(15)19(26)27)30-18-16(24(28)29)2-1-7-22-18/h1-9H,(H,23,25)(H,26,27)/p-1. The molecule has 1 N–H and O–H groups in total. The van der Waals surface area contributed by atoms with E-state index >= 15 is 0 Å². The Kier molecular flexibility index (Phi) is 6.14. The number of aromatic nitrogens is 1. The first-order valence-electron chi connectivity index (χ1n) is 8.15. The summed E-state index contributed by atoms with van der Waals surface area (Å²) in [5.41, 5.74) is -0.824. The molecule has 3 rings (SSSR count). The van der Waals surface area contributed by atoms with E-state index in [1.54, 1.807) is 0 Å². The molecule has 0 radical (unpaired) electrons. The fourth-order valence-corrected chi connectivity index (χ4v) is 2.93. The monoisotopic (exact) mass is 446 g/mol. The molecule has 30 heavy (non-hydrogen) atoms. The van der Waals surface area contributed by atoms with Gasteiger partial charge < -0.3 is 20.0 Å². The number of anilines is 1. The molecule has 11 heteroatoms. The number of nitro groups is 1. The van der Waals surface area contributed by atoms with Crippen molar-refractivity contribution in [3.63, 3.8) is 0 Å². The van der Waals surface area contributed by atoms with Crippen LogP contribution in [0.15, 0.2) is 54.7 Å². The summed E-state index contributed by atoms with van der Waals surface area (Å²) >= 11 is 11.8. The molecular formula is C19H10Cl2N3O6-. The van der Waals surface area contributed by atoms with Crippen LogP contribution in [-0.4, -0.2) is 21.8 Å². The summed E-state index contributed by atoms with van der Waals surface area (Å²) in [5, 5.41) is 25.4. The van der Waals surface area contributed by atoms with Crippen LogP contribution in [0.25, 0.3) is 0 Å². The summed E-state index contributed by atoms with van der Waals surface area (Å²) in [7, 11) is 0. The number of nitrogens with zero attached hydrogens (tertiary/aromatic N) is 2. The van der Waals surface area contributed by atoms with Crippen molar-refractivity contribution in [2.24, 2.45) is 0 Å². The Hall–Kier alpha value is -3.69. The first kappa shape index (κ1) is 21.0. The van der Waals surface area contributed by atoms with E-state index in [1.807, 2.05) is 0 Å². The van der Waals surface area contributed by atoms with Crippen molar-refractivity contribution in [3.05, 3.63) is 86.0 Å². The molecule has 0 bridgehead atoms. The predicted octanol–water partition coefficient (Wildman–Crippen LogP) is 3.70. The lowest BCUT2D eigenvalue weighted by atomic mass is 10.1. The zero-order valence-corrected chi connectivity index (χ0v) is 16.3. The van der Waals surface area contributed by atoms with E-state index in [4.69, 9.17) is 27.9 Å². The Morgan fingerprint density at radius 3 is 2.50 bits per heavy atom. The van der Waals surface area contributed by atoms with Crippen molar-refractivity contribution >= 4 is 46.5 Å². The molecule has 0 unspecified atom stereocenters. The number of carboxylic acid groups (broad SMARTS) is 1. The quantitative estimate of drug-likeness (QED) is 0.450. The number of nitrogens with one attached hydrogen (secondary N) is 1. The summed E-state index contributed by atoms with van der Waals surface area (Å²) in [6.45, 7) is 0. The lowest BCUT2D eigenvalue weighted by molar-refractivity contribution is -0.386. The highest BCUT2D eigenvalue weighted by Gasteiger charge is 2.18. The molecule has 0 aliphatic heterocycles. The number of rotatable bonds is 6. The number of ether oxygens (including phenoxy) is 1. The Morgan fingerprint density at radius 2 is 1.83 bits per heavy atom. The van der Waals surface area contributed by atoms with Crippen molar-refractivity contribution in [2.75, 3.05) is 5.32 Å². The maximum atomic E-state index is 12.4. The van der Waals surface area contributed by atoms with E-state index in [0.717, 1.165) is 6.07 Å². The van der Waals surface area contributed by atoms with Crippen LogP contribution < -0.4 is 15.2 Å². The lowest BCUT2D eigenvalue weighted by Crippen LogP contribution is -2.25. The van der Waals surface area contributed by atoms with E-state index in [0.29, 0.717) is 5.02 Å². The van der Waals surface area contributed by atoms with E-state index in [1.165, 1.54) is 48.7 Å². The van der Waals surface area contributed by atoms with Crippen LogP contribution in [0.1, 0.15) is 20.7 Å². The largest absolute Gasteiger partial charge is 0.545 e. The Labute approximate surface area is 179 Å². The summed E-state index contributed by atoms with van der Waals surface area (Å²) in [4.78, 5) is 38.1. The first-order valence-corrected chi connectivity index (χ1v) is 8.91. The van der Waals surface area contributed by atoms with E-state index < -0.39 is 28.1 Å². The average molecular weight is 447 g/mol. The maximum Gasteiger partial charge on any atom is 0.331 e. The molecule has 2 aromatic carbocycles. The number of carbonyl (C=O) groups excluding carboxylic acids is 2. The number of hydrogen-bond donors (Lipinski definition) is 1. The summed E-state index contributed by atoms with van der Waals surface area (Å²) < 4.78 is 5.35. The first-order chi connectivity index (χ1) is 14.3. The summed E-state index contributed by atoms with van der Waals surface area (Å²) in [6, 6.07) is 10.4. The number of hydrogen-bond acceptors (Lipinski definition) is 7. The van der Waals surface area contributed by atoms with Crippen LogP contribution in [0.3, 0.4) is 0 Å². The van der Waals surface area contributed by atoms with Crippen molar-refractivity contribution in [2.45, 2.75) is 0 Å². The minimum Gasteiger partial charge on any atom is -0.545 e. The second kappa shape index (κ2) is 8.76. The average Bonchev–Trinajstić information content (AvgIpc) is 2.69. The van der Waals surface area contributed by atoms with Crippen LogP contribution in [0.4, 0.5) is 11.4 Å². The molecule has 0 aliphatic rings. The third kappa shape index (κ3) is 4.65. The predicted molar refractivity (Wildman–Crippen MR) is 106 cm³/mol. The Morgan fingerprint density at radius 1 is 1.07 bits per heavy atom. The summed E-state index contributed by atoms with van der Waals surface area (Å²) in [6.07, 6.45) is 1.28. The van der Waals surface area contributed by atoms with Gasteiger partial charge in [0.05, 0.1) is 27.2 Å². The molecule has 1 aromatic heterocycles. The van der Waals surface area contributed by atoms with Gasteiger partial charge in [0.2, 0.25) is 0 Å². The third-order valence-corrected chi connectivity index (χ3v) is 4.35. The maximum absolute atomic E-state index is 12.4. The molecule has 152 valence electrons. The normalized spacial score (nSPS) is 10.3. The van der Waals surface area contributed by atoms with Crippen molar-refractivity contribution in [1.82, 2.24) is 4.98 Å². The zero-order valence-electron chi connectivity index (χ0n) is 14.8. The van der Waals surface area contributed by atoms with Crippen LogP contribution in [-0.2, 0) is 0 Å². The molecule has 1 heterocycles. The number of pyridine rings is 1. The third-order valence-electron chi connectivity index (χ3n) is 3.80. The topological polar surface area (TPSA) is 134 Å². The fourth-order valence-electron chi connectivity index (χ4n) is 2.44. The SMILES string of the molecule is O=C(Nc1ccc(Oc2ncccc2[N+](=O)[O-])cc1C(=O)[O-])c1ccc(Cl)cc1Cl. The number of aromatic carboxylic acids is 1. The van der Waals surface area contributed by atoms with Crippen molar-refractivity contribution < 1.29 is 24.4 Å². The van der Waals surface area contributed by atoms with Gasteiger partial charge in [0.1, 0.15) is 5.75 Å². The Bertz CT molecular complexity index is 1170. The molecule has 0 atom stereocenters. The van der Waals surface area contributed by atoms with Gasteiger partial charge in [-0.3, -0.25) is 14.9 Å². The van der Waals surface area contributed by atoms with Gasteiger partial charge in [-0.05, 0) is 42.5 Å². The number of amides is 1. The molecule has 0 saturated heterocycles. The molecule has 0 spiro atoms. The number of halogens is 2. The van der Waals surface area contributed by atoms with Crippen molar-refractivity contribution in [1.29, 1.82) is 0 Å². The fraction of sp³-hybridized carbons (Fsp3) is 0. The van der Waals surface area contributed by atoms with E-state index in [-0.39, 0.29) is 27.9 Å². The van der Waals surface area contributed by atoms with E-state index in [9.17, 15) is 24.8 Å². The van der Waals surface area contributed by atoms with Gasteiger partial charge in [0, 0.05) is 22.8 Å². The summed E-state index contributed by atoms with van der Waals surface area (Å²) in [5.74, 6) is -2.66. The lowest BCUT2D eigenvalue weighted by Gasteiger charge is -2.14. The Balaban J connectivity index is 1.90. The van der Waals surface area contributed by atoms with Gasteiger partial charge in [0.25, 0.3) is 11.8 Å². The highest BCUT2D eigenvalue weighted by Crippen LogP contribution is 2.31. The molecule has 0 aliphatic carbocycles. The second-order valence-corrected chi connectivity index (χ2v) is 6.60. The highest BCUT2D eigenvalue weighted by molar-refractivity contribution is 6.37. The van der Waals surface area contributed by atoms with Gasteiger partial charge in [-0.15, -0.1) is 0 Å². The number of carbonyl (C=O) groups is 2. The van der Waals surface area contributed by atoms with Crippen molar-refractivity contribution in [3.8, 4) is 11.6 Å². The highest BCUT2D eigenvalue weighted by atomic mass is 35.5. The molecule has 3 aromatic rings.